The summed E-state index contributed by atoms with van der Waals surface area (Å²) in [7, 11) is 1.63. The smallest absolute Gasteiger partial charge is 0.303 e. The van der Waals surface area contributed by atoms with Gasteiger partial charge in [-0.15, -0.1) is 0 Å². The standard InChI is InChI=1S/C26H38N2O4S/c1-3-14-33-15-4-12-28-13-10-19(20(18-28)16-26(30)31)5-8-25(29)22-9-11-27-24-7-6-21(32-2)17-23(22)24/h6-7,9,11,17,19-20,25,29H,3-5,8,10,12-16,18H2,1-2H3,(H,30,31)/t19-,20+,25-/m1/s1. The van der Waals surface area contributed by atoms with Gasteiger partial charge in [-0.25, -0.2) is 0 Å². The SMILES string of the molecule is CCCSCCCN1CC[C@@H](CC[C@@H](O)c2ccnc3ccc(OC)cc23)[C@@H](CC(=O)O)C1. The van der Waals surface area contributed by atoms with Crippen LogP contribution >= 0.6 is 11.8 Å². The number of aliphatic hydroxyl groups is 1. The van der Waals surface area contributed by atoms with Gasteiger partial charge in [0.25, 0.3) is 0 Å². The first-order chi connectivity index (χ1) is 16.0. The van der Waals surface area contributed by atoms with Gasteiger partial charge >= 0.3 is 5.97 Å². The number of piperidine rings is 1. The maximum atomic E-state index is 11.5. The lowest BCUT2D eigenvalue weighted by Gasteiger charge is -2.38. The lowest BCUT2D eigenvalue weighted by Crippen LogP contribution is -2.42. The summed E-state index contributed by atoms with van der Waals surface area (Å²) in [5, 5.41) is 21.4. The van der Waals surface area contributed by atoms with Crippen LogP contribution in [0.4, 0.5) is 0 Å². The molecule has 6 nitrogen and oxygen atoms in total. The number of hydrogen-bond donors (Lipinski definition) is 2. The second-order valence-electron chi connectivity index (χ2n) is 9.05. The number of rotatable bonds is 13. The van der Waals surface area contributed by atoms with E-state index in [0.717, 1.165) is 61.1 Å². The number of methoxy groups -OCH3 is 1. The summed E-state index contributed by atoms with van der Waals surface area (Å²) >= 11 is 2.01. The van der Waals surface area contributed by atoms with Crippen LogP contribution in [0.5, 0.6) is 5.75 Å². The number of benzene rings is 1. The van der Waals surface area contributed by atoms with Crippen molar-refractivity contribution >= 4 is 28.6 Å². The highest BCUT2D eigenvalue weighted by molar-refractivity contribution is 7.99. The minimum Gasteiger partial charge on any atom is -0.497 e. The van der Waals surface area contributed by atoms with E-state index in [1.807, 2.05) is 36.0 Å². The maximum absolute atomic E-state index is 11.5. The van der Waals surface area contributed by atoms with E-state index in [2.05, 4.69) is 16.8 Å². The van der Waals surface area contributed by atoms with Crippen LogP contribution in [0.3, 0.4) is 0 Å². The van der Waals surface area contributed by atoms with Crippen molar-refractivity contribution in [3.05, 3.63) is 36.0 Å². The number of aliphatic carboxylic acids is 1. The average molecular weight is 475 g/mol. The van der Waals surface area contributed by atoms with Crippen LogP contribution in [0.1, 0.15) is 57.1 Å². The Labute approximate surface area is 201 Å². The second-order valence-corrected chi connectivity index (χ2v) is 10.3. The van der Waals surface area contributed by atoms with Gasteiger partial charge in [0.2, 0.25) is 0 Å². The fraction of sp³-hybridized carbons (Fsp3) is 0.615. The van der Waals surface area contributed by atoms with Gasteiger partial charge in [-0.05, 0) is 98.4 Å². The van der Waals surface area contributed by atoms with E-state index in [4.69, 9.17) is 4.74 Å². The van der Waals surface area contributed by atoms with Gasteiger partial charge < -0.3 is 19.8 Å². The van der Waals surface area contributed by atoms with Crippen molar-refractivity contribution < 1.29 is 19.7 Å². The topological polar surface area (TPSA) is 82.9 Å². The molecule has 0 unspecified atom stereocenters. The van der Waals surface area contributed by atoms with E-state index in [9.17, 15) is 15.0 Å². The minimum absolute atomic E-state index is 0.140. The summed E-state index contributed by atoms with van der Waals surface area (Å²) in [5.41, 5.74) is 1.69. The van der Waals surface area contributed by atoms with E-state index < -0.39 is 12.1 Å². The molecule has 0 aliphatic carbocycles. The zero-order valence-corrected chi connectivity index (χ0v) is 20.7. The van der Waals surface area contributed by atoms with Crippen LogP contribution in [0, 0.1) is 11.8 Å². The number of carboxylic acids is 1. The number of ether oxygens (including phenoxy) is 1. The number of hydrogen-bond acceptors (Lipinski definition) is 6. The predicted molar refractivity (Wildman–Crippen MR) is 135 cm³/mol. The number of fused-ring (bicyclic) bond motifs is 1. The van der Waals surface area contributed by atoms with E-state index in [1.54, 1.807) is 13.3 Å². The Bertz CT molecular complexity index is 894. The fourth-order valence-corrected chi connectivity index (χ4v) is 5.75. The van der Waals surface area contributed by atoms with Crippen LogP contribution in [-0.2, 0) is 4.79 Å². The third kappa shape index (κ3) is 7.59. The molecule has 0 saturated carbocycles. The van der Waals surface area contributed by atoms with Gasteiger partial charge in [0, 0.05) is 24.5 Å². The van der Waals surface area contributed by atoms with Gasteiger partial charge in [0.1, 0.15) is 5.75 Å². The van der Waals surface area contributed by atoms with E-state index in [1.165, 1.54) is 17.9 Å². The molecular weight excluding hydrogens is 436 g/mol. The van der Waals surface area contributed by atoms with Gasteiger partial charge in [0.15, 0.2) is 0 Å². The molecular formula is C26H38N2O4S. The zero-order valence-electron chi connectivity index (χ0n) is 19.9. The Morgan fingerprint density at radius 1 is 1.30 bits per heavy atom. The van der Waals surface area contributed by atoms with Crippen molar-refractivity contribution in [2.75, 3.05) is 38.2 Å². The number of aliphatic hydroxyl groups excluding tert-OH is 1. The predicted octanol–water partition coefficient (Wildman–Crippen LogP) is 5.00. The Morgan fingerprint density at radius 2 is 2.15 bits per heavy atom. The third-order valence-corrected chi connectivity index (χ3v) is 7.95. The summed E-state index contributed by atoms with van der Waals surface area (Å²) < 4.78 is 5.35. The normalized spacial score (nSPS) is 20.1. The first kappa shape index (κ1) is 25.8. The average Bonchev–Trinajstić information content (AvgIpc) is 2.82. The maximum Gasteiger partial charge on any atom is 0.303 e. The monoisotopic (exact) mass is 474 g/mol. The molecule has 3 atom stereocenters. The largest absolute Gasteiger partial charge is 0.497 e. The molecule has 0 spiro atoms. The minimum atomic E-state index is -0.724. The molecule has 1 aromatic carbocycles. The number of pyridine rings is 1. The number of aromatic nitrogens is 1. The highest BCUT2D eigenvalue weighted by Gasteiger charge is 2.31. The molecule has 1 aliphatic heterocycles. The van der Waals surface area contributed by atoms with Crippen molar-refractivity contribution in [3.8, 4) is 5.75 Å². The highest BCUT2D eigenvalue weighted by atomic mass is 32.2. The summed E-state index contributed by atoms with van der Waals surface area (Å²) in [6.07, 6.45) is 6.14. The van der Waals surface area contributed by atoms with Crippen LogP contribution in [0.25, 0.3) is 10.9 Å². The molecule has 0 bridgehead atoms. The van der Waals surface area contributed by atoms with Crippen molar-refractivity contribution in [2.45, 2.75) is 51.6 Å². The van der Waals surface area contributed by atoms with Gasteiger partial charge in [-0.3, -0.25) is 9.78 Å². The summed E-state index contributed by atoms with van der Waals surface area (Å²) in [6, 6.07) is 7.58. The van der Waals surface area contributed by atoms with Gasteiger partial charge in [0.05, 0.1) is 18.7 Å². The molecule has 0 radical (unpaired) electrons. The molecule has 1 saturated heterocycles. The first-order valence-electron chi connectivity index (χ1n) is 12.1. The summed E-state index contributed by atoms with van der Waals surface area (Å²) in [5.74, 6) is 2.87. The number of nitrogens with zero attached hydrogens (tertiary/aromatic N) is 2. The second kappa shape index (κ2) is 13.2. The van der Waals surface area contributed by atoms with E-state index in [-0.39, 0.29) is 12.3 Å². The van der Waals surface area contributed by atoms with Crippen LogP contribution in [-0.4, -0.2) is 64.3 Å². The number of carboxylic acid groups (broad SMARTS) is 1. The molecule has 2 aromatic rings. The lowest BCUT2D eigenvalue weighted by molar-refractivity contribution is -0.139. The van der Waals surface area contributed by atoms with Gasteiger partial charge in [-0.1, -0.05) is 6.92 Å². The van der Waals surface area contributed by atoms with Crippen LogP contribution in [0.15, 0.2) is 30.5 Å². The molecule has 33 heavy (non-hydrogen) atoms. The molecule has 182 valence electrons. The summed E-state index contributed by atoms with van der Waals surface area (Å²) in [4.78, 5) is 18.4. The van der Waals surface area contributed by atoms with Crippen molar-refractivity contribution in [1.29, 1.82) is 0 Å². The molecule has 2 heterocycles. The van der Waals surface area contributed by atoms with Crippen LogP contribution in [0.2, 0.25) is 0 Å². The lowest BCUT2D eigenvalue weighted by atomic mass is 9.79. The molecule has 1 aliphatic rings. The van der Waals surface area contributed by atoms with Crippen molar-refractivity contribution in [2.24, 2.45) is 11.8 Å². The molecule has 7 heteroatoms. The third-order valence-electron chi connectivity index (χ3n) is 6.68. The fourth-order valence-electron chi connectivity index (χ4n) is 4.92. The molecule has 2 N–H and O–H groups in total. The molecule has 1 aromatic heterocycles. The number of likely N-dealkylation sites (tertiary alicyclic amines) is 1. The van der Waals surface area contributed by atoms with Crippen LogP contribution < -0.4 is 4.74 Å². The Kier molecular flexibility index (Phi) is 10.3. The number of carbonyl (C=O) groups is 1. The number of thioether (sulfide) groups is 1. The highest BCUT2D eigenvalue weighted by Crippen LogP contribution is 2.34. The Morgan fingerprint density at radius 3 is 2.91 bits per heavy atom. The van der Waals surface area contributed by atoms with Crippen molar-refractivity contribution in [1.82, 2.24) is 9.88 Å². The summed E-state index contributed by atoms with van der Waals surface area (Å²) in [6.45, 7) is 5.12. The van der Waals surface area contributed by atoms with Gasteiger partial charge in [-0.2, -0.15) is 11.8 Å². The molecule has 1 fully saturated rings. The molecule has 3 rings (SSSR count). The van der Waals surface area contributed by atoms with Crippen molar-refractivity contribution in [3.63, 3.8) is 0 Å². The van der Waals surface area contributed by atoms with E-state index >= 15 is 0 Å². The Hall–Kier alpha value is -1.83. The quantitative estimate of drug-likeness (QED) is 0.395. The Balaban J connectivity index is 1.59. The zero-order chi connectivity index (χ0) is 23.6. The first-order valence-corrected chi connectivity index (χ1v) is 13.3. The van der Waals surface area contributed by atoms with E-state index in [0.29, 0.717) is 12.3 Å². The molecule has 0 amide bonds.